The maximum absolute atomic E-state index is 4.16. The van der Waals surface area contributed by atoms with Crippen molar-refractivity contribution in [2.45, 2.75) is 40.3 Å². The van der Waals surface area contributed by atoms with Crippen molar-refractivity contribution in [2.75, 3.05) is 0 Å². The molecule has 0 saturated heterocycles. The number of aryl methyl sites for hydroxylation is 1. The Bertz CT molecular complexity index is 349. The van der Waals surface area contributed by atoms with Gasteiger partial charge in [0.2, 0.25) is 0 Å². The van der Waals surface area contributed by atoms with Gasteiger partial charge in [-0.15, -0.1) is 0 Å². The van der Waals surface area contributed by atoms with Gasteiger partial charge in [0.05, 0.1) is 5.69 Å². The Kier molecular flexibility index (Phi) is 2.19. The van der Waals surface area contributed by atoms with Gasteiger partial charge in [0.15, 0.2) is 0 Å². The Morgan fingerprint density at radius 2 is 1.93 bits per heavy atom. The highest BCUT2D eigenvalue weighted by Gasteiger charge is 2.64. The lowest BCUT2D eigenvalue weighted by Gasteiger charge is -2.06. The van der Waals surface area contributed by atoms with Crippen LogP contribution in [-0.4, -0.2) is 15.8 Å². The first-order chi connectivity index (χ1) is 6.87. The molecule has 0 atom stereocenters. The topological polar surface area (TPSA) is 29.9 Å². The molecule has 1 aliphatic carbocycles. The molecule has 1 saturated carbocycles. The predicted molar refractivity (Wildman–Crippen MR) is 61.4 cm³/mol. The van der Waals surface area contributed by atoms with Gasteiger partial charge in [-0.2, -0.15) is 5.10 Å². The first-order valence-corrected chi connectivity index (χ1v) is 5.57. The van der Waals surface area contributed by atoms with Crippen LogP contribution in [0.25, 0.3) is 0 Å². The van der Waals surface area contributed by atoms with Crippen LogP contribution in [0.1, 0.15) is 33.4 Å². The van der Waals surface area contributed by atoms with Crippen molar-refractivity contribution in [1.82, 2.24) is 15.1 Å². The number of nitrogens with one attached hydrogen (secondary N) is 1. The van der Waals surface area contributed by atoms with Gasteiger partial charge in [-0.25, -0.2) is 0 Å². The fourth-order valence-corrected chi connectivity index (χ4v) is 2.49. The van der Waals surface area contributed by atoms with Gasteiger partial charge in [0.1, 0.15) is 0 Å². The molecule has 0 unspecified atom stereocenters. The van der Waals surface area contributed by atoms with Gasteiger partial charge in [-0.05, 0) is 16.9 Å². The van der Waals surface area contributed by atoms with E-state index in [0.29, 0.717) is 16.9 Å². The van der Waals surface area contributed by atoms with Crippen LogP contribution in [-0.2, 0) is 13.6 Å². The van der Waals surface area contributed by atoms with E-state index in [9.17, 15) is 0 Å². The number of hydrogen-bond acceptors (Lipinski definition) is 2. The fourth-order valence-electron chi connectivity index (χ4n) is 2.49. The minimum atomic E-state index is 0.408. The van der Waals surface area contributed by atoms with E-state index < -0.39 is 0 Å². The van der Waals surface area contributed by atoms with E-state index in [1.807, 2.05) is 17.9 Å². The van der Waals surface area contributed by atoms with Gasteiger partial charge < -0.3 is 5.32 Å². The Balaban J connectivity index is 1.94. The summed E-state index contributed by atoms with van der Waals surface area (Å²) in [7, 11) is 1.99. The van der Waals surface area contributed by atoms with E-state index in [1.54, 1.807) is 0 Å². The van der Waals surface area contributed by atoms with Gasteiger partial charge >= 0.3 is 0 Å². The second-order valence-corrected chi connectivity index (χ2v) is 5.70. The quantitative estimate of drug-likeness (QED) is 0.821. The van der Waals surface area contributed by atoms with Crippen LogP contribution in [0.4, 0.5) is 0 Å². The number of nitrogens with zero attached hydrogens (tertiary/aromatic N) is 2. The van der Waals surface area contributed by atoms with Gasteiger partial charge in [0.25, 0.3) is 0 Å². The molecule has 1 aromatic rings. The molecule has 1 fully saturated rings. The van der Waals surface area contributed by atoms with Crippen molar-refractivity contribution in [3.63, 3.8) is 0 Å². The Labute approximate surface area is 91.9 Å². The maximum Gasteiger partial charge on any atom is 0.0518 e. The third kappa shape index (κ3) is 1.49. The van der Waals surface area contributed by atoms with Crippen LogP contribution in [0.15, 0.2) is 12.3 Å². The molecular weight excluding hydrogens is 186 g/mol. The summed E-state index contributed by atoms with van der Waals surface area (Å²) in [6, 6.07) is 2.68. The number of aromatic nitrogens is 2. The largest absolute Gasteiger partial charge is 0.307 e. The van der Waals surface area contributed by atoms with Crippen LogP contribution in [0, 0.1) is 10.8 Å². The number of hydrogen-bond donors (Lipinski definition) is 1. The van der Waals surface area contributed by atoms with Crippen molar-refractivity contribution < 1.29 is 0 Å². The lowest BCUT2D eigenvalue weighted by atomic mass is 10.0. The van der Waals surface area contributed by atoms with Crippen LogP contribution in [0.3, 0.4) is 0 Å². The van der Waals surface area contributed by atoms with Gasteiger partial charge in [-0.3, -0.25) is 4.68 Å². The van der Waals surface area contributed by atoms with Crippen molar-refractivity contribution >= 4 is 0 Å². The van der Waals surface area contributed by atoms with Crippen LogP contribution < -0.4 is 5.32 Å². The summed E-state index contributed by atoms with van der Waals surface area (Å²) in [6.07, 6.45) is 1.85. The third-order valence-corrected chi connectivity index (χ3v) is 4.43. The standard InChI is InChI=1S/C12H21N3/c1-11(2)10(12(11,3)4)13-8-9-6-7-14-15(9)5/h6-7,10,13H,8H2,1-5H3. The Hall–Kier alpha value is -0.830. The van der Waals surface area contributed by atoms with Crippen molar-refractivity contribution in [3.05, 3.63) is 18.0 Å². The zero-order valence-corrected chi connectivity index (χ0v) is 10.3. The molecule has 2 rings (SSSR count). The zero-order chi connectivity index (χ0) is 11.3. The maximum atomic E-state index is 4.16. The first kappa shape index (κ1) is 10.7. The molecular formula is C12H21N3. The first-order valence-electron chi connectivity index (χ1n) is 5.57. The monoisotopic (exact) mass is 207 g/mol. The van der Waals surface area contributed by atoms with Gasteiger partial charge in [0, 0.05) is 25.8 Å². The second-order valence-electron chi connectivity index (χ2n) is 5.70. The van der Waals surface area contributed by atoms with Crippen molar-refractivity contribution in [1.29, 1.82) is 0 Å². The third-order valence-electron chi connectivity index (χ3n) is 4.43. The minimum absolute atomic E-state index is 0.408. The molecule has 1 aliphatic rings. The molecule has 3 nitrogen and oxygen atoms in total. The summed E-state index contributed by atoms with van der Waals surface area (Å²) in [5.74, 6) is 0. The highest BCUT2D eigenvalue weighted by Crippen LogP contribution is 2.62. The van der Waals surface area contributed by atoms with Crippen LogP contribution in [0.5, 0.6) is 0 Å². The van der Waals surface area contributed by atoms with E-state index in [1.165, 1.54) is 5.69 Å². The predicted octanol–water partition coefficient (Wildman–Crippen LogP) is 1.94. The molecule has 0 spiro atoms. The highest BCUT2D eigenvalue weighted by molar-refractivity contribution is 5.18. The minimum Gasteiger partial charge on any atom is -0.307 e. The van der Waals surface area contributed by atoms with E-state index in [-0.39, 0.29) is 0 Å². The lowest BCUT2D eigenvalue weighted by Crippen LogP contribution is -2.23. The molecule has 1 N–H and O–H groups in total. The molecule has 3 heteroatoms. The molecule has 0 amide bonds. The fraction of sp³-hybridized carbons (Fsp3) is 0.750. The van der Waals surface area contributed by atoms with E-state index in [0.717, 1.165) is 6.54 Å². The molecule has 1 heterocycles. The van der Waals surface area contributed by atoms with Crippen LogP contribution in [0.2, 0.25) is 0 Å². The summed E-state index contributed by atoms with van der Waals surface area (Å²) in [5.41, 5.74) is 2.06. The zero-order valence-electron chi connectivity index (χ0n) is 10.3. The summed E-state index contributed by atoms with van der Waals surface area (Å²) in [4.78, 5) is 0. The number of rotatable bonds is 3. The molecule has 0 aromatic carbocycles. The smallest absolute Gasteiger partial charge is 0.0518 e. The van der Waals surface area contributed by atoms with E-state index in [2.05, 4.69) is 44.2 Å². The lowest BCUT2D eigenvalue weighted by molar-refractivity contribution is 0.457. The molecule has 0 aliphatic heterocycles. The molecule has 1 aromatic heterocycles. The van der Waals surface area contributed by atoms with E-state index >= 15 is 0 Å². The Morgan fingerprint density at radius 1 is 1.33 bits per heavy atom. The van der Waals surface area contributed by atoms with Gasteiger partial charge in [-0.1, -0.05) is 27.7 Å². The SMILES string of the molecule is Cn1nccc1CNC1C(C)(C)C1(C)C. The molecule has 0 radical (unpaired) electrons. The summed E-state index contributed by atoms with van der Waals surface area (Å²) >= 11 is 0. The molecule has 84 valence electrons. The van der Waals surface area contributed by atoms with E-state index in [4.69, 9.17) is 0 Å². The van der Waals surface area contributed by atoms with Crippen molar-refractivity contribution in [3.8, 4) is 0 Å². The Morgan fingerprint density at radius 3 is 2.33 bits per heavy atom. The summed E-state index contributed by atoms with van der Waals surface area (Å²) in [5, 5.41) is 7.78. The molecule has 0 bridgehead atoms. The highest BCUT2D eigenvalue weighted by atomic mass is 15.3. The molecule has 15 heavy (non-hydrogen) atoms. The summed E-state index contributed by atoms with van der Waals surface area (Å²) < 4.78 is 1.93. The normalized spacial score (nSPS) is 23.0. The van der Waals surface area contributed by atoms with Crippen molar-refractivity contribution in [2.24, 2.45) is 17.9 Å². The average molecular weight is 207 g/mol. The average Bonchev–Trinajstić information content (AvgIpc) is 2.49. The van der Waals surface area contributed by atoms with Crippen LogP contribution >= 0.6 is 0 Å². The summed E-state index contributed by atoms with van der Waals surface area (Å²) in [6.45, 7) is 10.2. The second kappa shape index (κ2) is 3.08.